The molecule has 0 bridgehead atoms. The third-order valence-corrected chi connectivity index (χ3v) is 2.22. The van der Waals surface area contributed by atoms with Crippen molar-refractivity contribution in [3.05, 3.63) is 52.4 Å². The van der Waals surface area contributed by atoms with Crippen molar-refractivity contribution in [2.24, 2.45) is 0 Å². The molecule has 0 aliphatic heterocycles. The minimum atomic E-state index is -0.317. The standard InChI is InChI=1S/C12H12N2O3/c15-6-5-9-3-1-2-4-11(9)17-10-7-12(16)14-13-8-10/h1-4,7-8,15H,5-6H2,(H,14,16). The summed E-state index contributed by atoms with van der Waals surface area (Å²) in [6, 6.07) is 8.67. The van der Waals surface area contributed by atoms with Crippen LogP contribution >= 0.6 is 0 Å². The van der Waals surface area contributed by atoms with E-state index in [9.17, 15) is 4.79 Å². The van der Waals surface area contributed by atoms with Crippen molar-refractivity contribution in [1.82, 2.24) is 10.2 Å². The van der Waals surface area contributed by atoms with E-state index >= 15 is 0 Å². The number of H-pyrrole nitrogens is 1. The number of para-hydroxylation sites is 1. The van der Waals surface area contributed by atoms with Crippen LogP contribution in [0.15, 0.2) is 41.3 Å². The fourth-order valence-corrected chi connectivity index (χ4v) is 1.47. The summed E-state index contributed by atoms with van der Waals surface area (Å²) in [5, 5.41) is 14.8. The molecule has 0 fully saturated rings. The fraction of sp³-hybridized carbons (Fsp3) is 0.167. The quantitative estimate of drug-likeness (QED) is 0.827. The minimum Gasteiger partial charge on any atom is -0.455 e. The van der Waals surface area contributed by atoms with E-state index < -0.39 is 0 Å². The van der Waals surface area contributed by atoms with Crippen LogP contribution in [0.3, 0.4) is 0 Å². The van der Waals surface area contributed by atoms with Gasteiger partial charge in [-0.25, -0.2) is 5.10 Å². The summed E-state index contributed by atoms with van der Waals surface area (Å²) in [4.78, 5) is 11.1. The molecule has 0 unspecified atom stereocenters. The average molecular weight is 232 g/mol. The summed E-state index contributed by atoms with van der Waals surface area (Å²) in [5.74, 6) is 0.994. The van der Waals surface area contributed by atoms with E-state index in [2.05, 4.69) is 10.2 Å². The summed E-state index contributed by atoms with van der Waals surface area (Å²) in [7, 11) is 0. The molecule has 5 nitrogen and oxygen atoms in total. The number of rotatable bonds is 4. The molecule has 0 radical (unpaired) electrons. The lowest BCUT2D eigenvalue weighted by Crippen LogP contribution is -2.06. The Labute approximate surface area is 97.7 Å². The second-order valence-electron chi connectivity index (χ2n) is 3.46. The van der Waals surface area contributed by atoms with E-state index in [1.165, 1.54) is 12.3 Å². The van der Waals surface area contributed by atoms with Gasteiger partial charge in [-0.15, -0.1) is 0 Å². The van der Waals surface area contributed by atoms with Gasteiger partial charge in [0.15, 0.2) is 5.75 Å². The first-order valence-corrected chi connectivity index (χ1v) is 5.21. The first-order valence-electron chi connectivity index (χ1n) is 5.21. The molecule has 1 aromatic heterocycles. The van der Waals surface area contributed by atoms with E-state index in [0.29, 0.717) is 17.9 Å². The van der Waals surface area contributed by atoms with Crippen molar-refractivity contribution in [2.75, 3.05) is 6.61 Å². The Bertz CT molecular complexity index is 551. The first kappa shape index (κ1) is 11.3. The van der Waals surface area contributed by atoms with E-state index in [-0.39, 0.29) is 12.2 Å². The van der Waals surface area contributed by atoms with E-state index in [1.807, 2.05) is 18.2 Å². The maximum Gasteiger partial charge on any atom is 0.267 e. The third kappa shape index (κ3) is 2.92. The molecule has 1 heterocycles. The molecular weight excluding hydrogens is 220 g/mol. The number of aliphatic hydroxyl groups excluding tert-OH is 1. The van der Waals surface area contributed by atoms with E-state index in [1.54, 1.807) is 6.07 Å². The summed E-state index contributed by atoms with van der Waals surface area (Å²) in [6.45, 7) is 0.0496. The van der Waals surface area contributed by atoms with Gasteiger partial charge >= 0.3 is 0 Å². The Morgan fingerprint density at radius 3 is 2.94 bits per heavy atom. The Hall–Kier alpha value is -2.14. The van der Waals surface area contributed by atoms with Gasteiger partial charge in [0.1, 0.15) is 5.75 Å². The molecule has 2 rings (SSSR count). The van der Waals surface area contributed by atoms with Crippen molar-refractivity contribution in [3.8, 4) is 11.5 Å². The zero-order valence-electron chi connectivity index (χ0n) is 9.09. The topological polar surface area (TPSA) is 75.2 Å². The highest BCUT2D eigenvalue weighted by molar-refractivity contribution is 5.36. The number of aromatic nitrogens is 2. The number of aliphatic hydroxyl groups is 1. The molecule has 0 aliphatic carbocycles. The highest BCUT2D eigenvalue weighted by Crippen LogP contribution is 2.23. The zero-order chi connectivity index (χ0) is 12.1. The SMILES string of the molecule is O=c1cc(Oc2ccccc2CCO)cn[nH]1. The van der Waals surface area contributed by atoms with Gasteiger partial charge in [-0.3, -0.25) is 4.79 Å². The third-order valence-electron chi connectivity index (χ3n) is 2.22. The molecule has 0 atom stereocenters. The number of aromatic amines is 1. The Kier molecular flexibility index (Phi) is 3.52. The Balaban J connectivity index is 2.26. The second-order valence-corrected chi connectivity index (χ2v) is 3.46. The van der Waals surface area contributed by atoms with Crippen molar-refractivity contribution >= 4 is 0 Å². The largest absolute Gasteiger partial charge is 0.455 e. The van der Waals surface area contributed by atoms with E-state index in [4.69, 9.17) is 9.84 Å². The molecule has 0 aliphatic rings. The molecule has 2 aromatic rings. The van der Waals surface area contributed by atoms with Crippen LogP contribution in [0.5, 0.6) is 11.5 Å². The molecule has 0 amide bonds. The monoisotopic (exact) mass is 232 g/mol. The van der Waals surface area contributed by atoms with Gasteiger partial charge in [-0.2, -0.15) is 5.10 Å². The average Bonchev–Trinajstić information content (AvgIpc) is 2.32. The predicted octanol–water partition coefficient (Wildman–Crippen LogP) is 1.10. The van der Waals surface area contributed by atoms with Crippen molar-refractivity contribution in [2.45, 2.75) is 6.42 Å². The summed E-state index contributed by atoms with van der Waals surface area (Å²) < 4.78 is 5.55. The van der Waals surface area contributed by atoms with Gasteiger partial charge in [0.2, 0.25) is 0 Å². The lowest BCUT2D eigenvalue weighted by Gasteiger charge is -2.09. The van der Waals surface area contributed by atoms with Crippen LogP contribution in [0.1, 0.15) is 5.56 Å². The normalized spacial score (nSPS) is 10.2. The van der Waals surface area contributed by atoms with Crippen LogP contribution in [-0.4, -0.2) is 21.9 Å². The molecular formula is C12H12N2O3. The van der Waals surface area contributed by atoms with Crippen LogP contribution in [0.2, 0.25) is 0 Å². The van der Waals surface area contributed by atoms with Crippen LogP contribution in [0.4, 0.5) is 0 Å². The van der Waals surface area contributed by atoms with Crippen LogP contribution in [0.25, 0.3) is 0 Å². The molecule has 1 aromatic carbocycles. The number of hydrogen-bond acceptors (Lipinski definition) is 4. The summed E-state index contributed by atoms with van der Waals surface area (Å²) >= 11 is 0. The maximum atomic E-state index is 11.1. The highest BCUT2D eigenvalue weighted by atomic mass is 16.5. The lowest BCUT2D eigenvalue weighted by molar-refractivity contribution is 0.298. The van der Waals surface area contributed by atoms with Gasteiger partial charge in [0, 0.05) is 12.7 Å². The van der Waals surface area contributed by atoms with Gasteiger partial charge < -0.3 is 9.84 Å². The lowest BCUT2D eigenvalue weighted by atomic mass is 10.1. The first-order chi connectivity index (χ1) is 8.29. The molecule has 0 saturated heterocycles. The number of nitrogens with one attached hydrogen (secondary N) is 1. The number of ether oxygens (including phenoxy) is 1. The molecule has 5 heteroatoms. The van der Waals surface area contributed by atoms with Gasteiger partial charge in [0.05, 0.1) is 6.20 Å². The zero-order valence-corrected chi connectivity index (χ0v) is 9.09. The molecule has 0 saturated carbocycles. The molecule has 0 spiro atoms. The predicted molar refractivity (Wildman–Crippen MR) is 62.2 cm³/mol. The Morgan fingerprint density at radius 1 is 1.35 bits per heavy atom. The number of benzene rings is 1. The van der Waals surface area contributed by atoms with Gasteiger partial charge in [0.25, 0.3) is 5.56 Å². The van der Waals surface area contributed by atoms with Crippen molar-refractivity contribution in [3.63, 3.8) is 0 Å². The second kappa shape index (κ2) is 5.27. The Morgan fingerprint density at radius 2 is 2.18 bits per heavy atom. The van der Waals surface area contributed by atoms with Crippen molar-refractivity contribution in [1.29, 1.82) is 0 Å². The fourth-order valence-electron chi connectivity index (χ4n) is 1.47. The molecule has 17 heavy (non-hydrogen) atoms. The van der Waals surface area contributed by atoms with Gasteiger partial charge in [-0.1, -0.05) is 18.2 Å². The minimum absolute atomic E-state index is 0.0496. The smallest absolute Gasteiger partial charge is 0.267 e. The summed E-state index contributed by atoms with van der Waals surface area (Å²) in [6.07, 6.45) is 1.93. The summed E-state index contributed by atoms with van der Waals surface area (Å²) in [5.41, 5.74) is 0.567. The maximum absolute atomic E-state index is 11.1. The molecule has 88 valence electrons. The molecule has 2 N–H and O–H groups in total. The van der Waals surface area contributed by atoms with Crippen molar-refractivity contribution < 1.29 is 9.84 Å². The van der Waals surface area contributed by atoms with Gasteiger partial charge in [-0.05, 0) is 18.1 Å². The highest BCUT2D eigenvalue weighted by Gasteiger charge is 2.04. The van der Waals surface area contributed by atoms with Crippen LogP contribution in [0, 0.1) is 0 Å². The van der Waals surface area contributed by atoms with Crippen LogP contribution < -0.4 is 10.3 Å². The number of hydrogen-bond donors (Lipinski definition) is 2. The number of nitrogens with zero attached hydrogens (tertiary/aromatic N) is 1. The van der Waals surface area contributed by atoms with Crippen LogP contribution in [-0.2, 0) is 6.42 Å². The van der Waals surface area contributed by atoms with E-state index in [0.717, 1.165) is 5.56 Å².